The van der Waals surface area contributed by atoms with Gasteiger partial charge in [-0.2, -0.15) is 26.3 Å². The summed E-state index contributed by atoms with van der Waals surface area (Å²) >= 11 is 0. The average Bonchev–Trinajstić information content (AvgIpc) is 3.34. The third kappa shape index (κ3) is 5.02. The summed E-state index contributed by atoms with van der Waals surface area (Å²) in [6, 6.07) is 7.63. The minimum atomic E-state index is -6.34. The van der Waals surface area contributed by atoms with Crippen molar-refractivity contribution in [1.82, 2.24) is 9.80 Å². The van der Waals surface area contributed by atoms with Crippen LogP contribution >= 0.6 is 0 Å². The van der Waals surface area contributed by atoms with E-state index in [1.807, 2.05) is 0 Å². The van der Waals surface area contributed by atoms with Crippen LogP contribution in [0.2, 0.25) is 0 Å². The van der Waals surface area contributed by atoms with Crippen LogP contribution in [0.1, 0.15) is 29.5 Å². The first-order valence-corrected chi connectivity index (χ1v) is 16.6. The number of fused-ring (bicyclic) bond motifs is 3. The third-order valence-corrected chi connectivity index (χ3v) is 12.9. The van der Waals surface area contributed by atoms with Crippen molar-refractivity contribution < 1.29 is 52.4 Å². The molecule has 2 fully saturated rings. The molecule has 3 aliphatic rings. The predicted molar refractivity (Wildman–Crippen MR) is 140 cm³/mol. The van der Waals surface area contributed by atoms with E-state index in [0.29, 0.717) is 12.1 Å². The third-order valence-electron chi connectivity index (χ3n) is 8.72. The van der Waals surface area contributed by atoms with Crippen LogP contribution in [0.4, 0.5) is 30.7 Å². The minimum Gasteiger partial charge on any atom is -0.337 e. The van der Waals surface area contributed by atoms with Crippen molar-refractivity contribution >= 4 is 25.6 Å². The quantitative estimate of drug-likeness (QED) is 0.454. The van der Waals surface area contributed by atoms with Crippen molar-refractivity contribution in [3.05, 3.63) is 65.2 Å². The summed E-state index contributed by atoms with van der Waals surface area (Å²) in [4.78, 5) is 16.3. The molecule has 2 aromatic carbocycles. The molecule has 0 N–H and O–H groups in total. The highest BCUT2D eigenvalue weighted by Gasteiger charge is 2.73. The van der Waals surface area contributed by atoms with E-state index in [0.717, 1.165) is 6.07 Å². The second-order valence-corrected chi connectivity index (χ2v) is 15.6. The van der Waals surface area contributed by atoms with E-state index in [-0.39, 0.29) is 73.0 Å². The molecular formula is C27H27F7N2O5S2. The van der Waals surface area contributed by atoms with E-state index in [1.54, 1.807) is 11.0 Å². The molecule has 2 saturated heterocycles. The van der Waals surface area contributed by atoms with Gasteiger partial charge < -0.3 is 4.90 Å². The van der Waals surface area contributed by atoms with Gasteiger partial charge in [0.05, 0.1) is 29.0 Å². The maximum atomic E-state index is 14.9. The number of sulfone groups is 2. The Labute approximate surface area is 243 Å². The summed E-state index contributed by atoms with van der Waals surface area (Å²) in [5.41, 5.74) is -7.65. The van der Waals surface area contributed by atoms with E-state index >= 15 is 0 Å². The standard InChI is InChI=1S/C27H27F7N2O5S2/c28-25(26(29,30)31,27(32,33)34)19-7-8-21-18(16-19)6-9-22-24(21,43(40,41)20-4-2-1-3-5-20)10-11-36(22)23(37)17-35-12-14-42(38,39)15-13-35/h1-5,7-8,16,22H,6,9-15,17H2/t22-,24-/m1/s1. The van der Waals surface area contributed by atoms with Gasteiger partial charge in [-0.15, -0.1) is 0 Å². The smallest absolute Gasteiger partial charge is 0.337 e. The van der Waals surface area contributed by atoms with E-state index < -0.39 is 60.0 Å². The SMILES string of the molecule is O=C(CN1CCS(=O)(=O)CC1)N1CC[C@@]2(S(=O)(=O)c3ccccc3)c3ccc(C(F)(C(F)(F)F)C(F)(F)F)cc3CC[C@@H]12. The first kappa shape index (κ1) is 31.7. The summed E-state index contributed by atoms with van der Waals surface area (Å²) in [6.45, 7) is -0.0636. The summed E-state index contributed by atoms with van der Waals surface area (Å²) in [5, 5.41) is 0. The normalized spacial score (nSPS) is 24.8. The van der Waals surface area contributed by atoms with Crippen LogP contribution in [-0.4, -0.2) is 88.6 Å². The van der Waals surface area contributed by atoms with Gasteiger partial charge in [0, 0.05) is 25.2 Å². The number of amides is 1. The van der Waals surface area contributed by atoms with Crippen LogP contribution in [0.5, 0.6) is 0 Å². The fourth-order valence-corrected chi connectivity index (χ4v) is 10.2. The van der Waals surface area contributed by atoms with Crippen LogP contribution in [0.15, 0.2) is 53.4 Å². The molecule has 2 aliphatic heterocycles. The summed E-state index contributed by atoms with van der Waals surface area (Å²) in [7, 11) is -7.65. The Morgan fingerprint density at radius 1 is 0.907 bits per heavy atom. The summed E-state index contributed by atoms with van der Waals surface area (Å²) < 4.78 is 146. The Hall–Kier alpha value is -2.72. The van der Waals surface area contributed by atoms with E-state index in [1.165, 1.54) is 29.2 Å². The average molecular weight is 657 g/mol. The summed E-state index contributed by atoms with van der Waals surface area (Å²) in [5.74, 6) is -0.763. The fourth-order valence-electron chi connectivity index (χ4n) is 6.53. The molecule has 2 heterocycles. The monoisotopic (exact) mass is 656 g/mol. The Morgan fingerprint density at radius 3 is 2.09 bits per heavy atom. The molecule has 1 aliphatic carbocycles. The lowest BCUT2D eigenvalue weighted by Gasteiger charge is -2.43. The lowest BCUT2D eigenvalue weighted by atomic mass is 9.76. The maximum absolute atomic E-state index is 14.9. The predicted octanol–water partition coefficient (Wildman–Crippen LogP) is 3.92. The largest absolute Gasteiger partial charge is 0.435 e. The van der Waals surface area contributed by atoms with Crippen LogP contribution < -0.4 is 0 Å². The Morgan fingerprint density at radius 2 is 1.51 bits per heavy atom. The number of alkyl halides is 7. The lowest BCUT2D eigenvalue weighted by Crippen LogP contribution is -2.54. The zero-order valence-electron chi connectivity index (χ0n) is 22.5. The molecule has 2 atom stereocenters. The highest BCUT2D eigenvalue weighted by Crippen LogP contribution is 2.56. The van der Waals surface area contributed by atoms with E-state index in [9.17, 15) is 52.4 Å². The number of carbonyl (C=O) groups excluding carboxylic acids is 1. The molecule has 5 rings (SSSR count). The number of halogens is 7. The van der Waals surface area contributed by atoms with E-state index in [2.05, 4.69) is 0 Å². The van der Waals surface area contributed by atoms with Crippen LogP contribution in [0, 0.1) is 0 Å². The molecule has 0 aromatic heterocycles. The van der Waals surface area contributed by atoms with Gasteiger partial charge in [-0.3, -0.25) is 9.69 Å². The fraction of sp³-hybridized carbons (Fsp3) is 0.519. The van der Waals surface area contributed by atoms with Crippen molar-refractivity contribution in [3.8, 4) is 0 Å². The second kappa shape index (κ2) is 10.4. The molecule has 0 bridgehead atoms. The maximum Gasteiger partial charge on any atom is 0.435 e. The molecule has 43 heavy (non-hydrogen) atoms. The Balaban J connectivity index is 1.59. The number of carbonyl (C=O) groups is 1. The minimum absolute atomic E-state index is 0.0811. The number of nitrogens with zero attached hydrogens (tertiary/aromatic N) is 2. The number of rotatable bonds is 5. The van der Waals surface area contributed by atoms with Gasteiger partial charge in [-0.25, -0.2) is 21.2 Å². The molecule has 0 spiro atoms. The number of hydrogen-bond acceptors (Lipinski definition) is 6. The zero-order chi connectivity index (χ0) is 31.6. The molecule has 0 unspecified atom stereocenters. The highest BCUT2D eigenvalue weighted by atomic mass is 32.2. The molecule has 236 valence electrons. The van der Waals surface area contributed by atoms with Crippen LogP contribution in [0.3, 0.4) is 0 Å². The molecule has 2 aromatic rings. The van der Waals surface area contributed by atoms with Gasteiger partial charge in [0.25, 0.3) is 0 Å². The van der Waals surface area contributed by atoms with Crippen molar-refractivity contribution in [2.75, 3.05) is 37.7 Å². The van der Waals surface area contributed by atoms with Gasteiger partial charge >= 0.3 is 18.0 Å². The molecule has 0 saturated carbocycles. The summed E-state index contributed by atoms with van der Waals surface area (Å²) in [6.07, 6.45) is -13.2. The van der Waals surface area contributed by atoms with E-state index in [4.69, 9.17) is 0 Å². The van der Waals surface area contributed by atoms with Gasteiger partial charge in [0.15, 0.2) is 19.7 Å². The van der Waals surface area contributed by atoms with Crippen molar-refractivity contribution in [1.29, 1.82) is 0 Å². The lowest BCUT2D eigenvalue weighted by molar-refractivity contribution is -0.348. The first-order chi connectivity index (χ1) is 19.8. The second-order valence-electron chi connectivity index (χ2n) is 11.1. The van der Waals surface area contributed by atoms with Crippen LogP contribution in [-0.2, 0) is 41.3 Å². The highest BCUT2D eigenvalue weighted by molar-refractivity contribution is 7.92. The molecule has 7 nitrogen and oxygen atoms in total. The topological polar surface area (TPSA) is 91.8 Å². The van der Waals surface area contributed by atoms with Crippen molar-refractivity contribution in [2.45, 2.75) is 53.0 Å². The number of aryl methyl sites for hydroxylation is 1. The Bertz CT molecular complexity index is 1600. The Kier molecular flexibility index (Phi) is 7.69. The van der Waals surface area contributed by atoms with Gasteiger partial charge in [-0.1, -0.05) is 36.4 Å². The molecule has 1 amide bonds. The molecular weight excluding hydrogens is 629 g/mol. The van der Waals surface area contributed by atoms with Gasteiger partial charge in [0.2, 0.25) is 5.91 Å². The zero-order valence-corrected chi connectivity index (χ0v) is 24.1. The number of likely N-dealkylation sites (tertiary alicyclic amines) is 1. The van der Waals surface area contributed by atoms with Gasteiger partial charge in [0.1, 0.15) is 4.75 Å². The van der Waals surface area contributed by atoms with Crippen LogP contribution in [0.25, 0.3) is 0 Å². The first-order valence-electron chi connectivity index (χ1n) is 13.3. The molecule has 0 radical (unpaired) electrons. The number of hydrogen-bond donors (Lipinski definition) is 0. The molecule has 16 heteroatoms. The van der Waals surface area contributed by atoms with Crippen molar-refractivity contribution in [3.63, 3.8) is 0 Å². The van der Waals surface area contributed by atoms with Gasteiger partial charge in [-0.05, 0) is 42.5 Å². The number of benzene rings is 2. The van der Waals surface area contributed by atoms with Crippen molar-refractivity contribution in [2.24, 2.45) is 0 Å².